The molecule has 0 saturated heterocycles. The van der Waals surface area contributed by atoms with E-state index < -0.39 is 45.5 Å². The number of hydrogen-bond acceptors (Lipinski definition) is 6. The van der Waals surface area contributed by atoms with E-state index in [0.717, 1.165) is 0 Å². The molecular formula is C38H26F6O6. The molecule has 256 valence electrons. The summed E-state index contributed by atoms with van der Waals surface area (Å²) >= 11 is 0. The Labute approximate surface area is 280 Å². The molecule has 6 aromatic rings. The largest absolute Gasteiger partial charge is 0.497 e. The van der Waals surface area contributed by atoms with Crippen molar-refractivity contribution in [2.75, 3.05) is 28.4 Å². The highest BCUT2D eigenvalue weighted by atomic mass is 19.3. The molecule has 4 aromatic carbocycles. The Morgan fingerprint density at radius 3 is 1.14 bits per heavy atom. The summed E-state index contributed by atoms with van der Waals surface area (Å²) in [6, 6.07) is 21.2. The highest BCUT2D eigenvalue weighted by molar-refractivity contribution is 6.14. The Hall–Kier alpha value is -5.52. The quantitative estimate of drug-likeness (QED) is 0.162. The van der Waals surface area contributed by atoms with Crippen LogP contribution < -0.4 is 18.9 Å². The highest BCUT2D eigenvalue weighted by Gasteiger charge is 2.82. The number of ether oxygens (including phenoxy) is 4. The average molecular weight is 693 g/mol. The minimum Gasteiger partial charge on any atom is -0.497 e. The standard InChI is InChI=1S/C38H26F6O6/c1-45-21-9-5-19(6-10-21)35(20-7-11-22(46-2)12-8-20)33-29(25-17-23(47-3)13-15-27(25)49-33)31-32(37(41,42)38(43,44)36(31,39)40)30-26-18-24(48-4)14-16-28(26)50-34(30)35/h5-18H,1-4H3. The molecule has 0 spiro atoms. The Bertz CT molecular complexity index is 2190. The van der Waals surface area contributed by atoms with Crippen molar-refractivity contribution in [3.63, 3.8) is 0 Å². The summed E-state index contributed by atoms with van der Waals surface area (Å²) in [5.41, 5.74) is -5.84. The van der Waals surface area contributed by atoms with Gasteiger partial charge in [0.2, 0.25) is 0 Å². The number of fused-ring (bicyclic) bond motifs is 8. The maximum Gasteiger partial charge on any atom is 0.380 e. The Balaban J connectivity index is 1.69. The first-order chi connectivity index (χ1) is 23.9. The number of methoxy groups -OCH3 is 4. The van der Waals surface area contributed by atoms with E-state index >= 15 is 26.3 Å². The lowest BCUT2D eigenvalue weighted by atomic mass is 9.68. The van der Waals surface area contributed by atoms with Crippen molar-refractivity contribution in [1.82, 2.24) is 0 Å². The maximum atomic E-state index is 16.6. The second kappa shape index (κ2) is 10.5. The van der Waals surface area contributed by atoms with Crippen molar-refractivity contribution in [3.05, 3.63) is 119 Å². The van der Waals surface area contributed by atoms with Gasteiger partial charge in [0.05, 0.1) is 28.4 Å². The predicted molar refractivity (Wildman–Crippen MR) is 172 cm³/mol. The molecular weight excluding hydrogens is 666 g/mol. The molecule has 50 heavy (non-hydrogen) atoms. The monoisotopic (exact) mass is 692 g/mol. The number of halogens is 6. The van der Waals surface area contributed by atoms with E-state index in [1.807, 2.05) is 0 Å². The van der Waals surface area contributed by atoms with Gasteiger partial charge in [0.1, 0.15) is 51.1 Å². The Morgan fingerprint density at radius 1 is 0.460 bits per heavy atom. The van der Waals surface area contributed by atoms with Gasteiger partial charge in [-0.2, -0.15) is 26.3 Å². The van der Waals surface area contributed by atoms with Crippen LogP contribution in [-0.4, -0.2) is 46.2 Å². The molecule has 2 aliphatic carbocycles. The third kappa shape index (κ3) is 3.81. The second-order valence-corrected chi connectivity index (χ2v) is 12.0. The lowest BCUT2D eigenvalue weighted by Gasteiger charge is -2.34. The van der Waals surface area contributed by atoms with Crippen molar-refractivity contribution in [1.29, 1.82) is 0 Å². The van der Waals surface area contributed by atoms with Crippen LogP contribution in [0.3, 0.4) is 0 Å². The number of hydrogen-bond donors (Lipinski definition) is 0. The zero-order valence-corrected chi connectivity index (χ0v) is 26.8. The molecule has 2 heterocycles. The number of benzene rings is 4. The normalized spacial score (nSPS) is 18.0. The minimum atomic E-state index is -5.84. The summed E-state index contributed by atoms with van der Waals surface area (Å²) in [6.07, 6.45) is 0. The van der Waals surface area contributed by atoms with E-state index in [4.69, 9.17) is 27.8 Å². The molecule has 8 rings (SSSR count). The molecule has 0 N–H and O–H groups in total. The van der Waals surface area contributed by atoms with Gasteiger partial charge in [0.25, 0.3) is 0 Å². The van der Waals surface area contributed by atoms with Crippen LogP contribution in [0.25, 0.3) is 33.1 Å². The molecule has 0 atom stereocenters. The number of allylic oxidation sites excluding steroid dienone is 2. The number of rotatable bonds is 6. The second-order valence-electron chi connectivity index (χ2n) is 12.0. The zero-order chi connectivity index (χ0) is 35.4. The molecule has 0 fully saturated rings. The summed E-state index contributed by atoms with van der Waals surface area (Å²) in [5.74, 6) is -16.2. The minimum absolute atomic E-state index is 0.0374. The van der Waals surface area contributed by atoms with E-state index in [-0.39, 0.29) is 45.0 Å². The average Bonchev–Trinajstić information content (AvgIpc) is 3.68. The van der Waals surface area contributed by atoms with Crippen LogP contribution >= 0.6 is 0 Å². The van der Waals surface area contributed by atoms with E-state index in [9.17, 15) is 0 Å². The topological polar surface area (TPSA) is 63.2 Å². The molecule has 0 unspecified atom stereocenters. The van der Waals surface area contributed by atoms with Crippen molar-refractivity contribution in [2.24, 2.45) is 0 Å². The van der Waals surface area contributed by atoms with Gasteiger partial charge >= 0.3 is 17.8 Å². The third-order valence-electron chi connectivity index (χ3n) is 9.68. The summed E-state index contributed by atoms with van der Waals surface area (Å²) in [5, 5.41) is -0.281. The van der Waals surface area contributed by atoms with Crippen LogP contribution in [0.1, 0.15) is 33.8 Å². The number of alkyl halides is 6. The van der Waals surface area contributed by atoms with Crippen molar-refractivity contribution < 1.29 is 54.1 Å². The molecule has 0 saturated carbocycles. The fraction of sp³-hybridized carbons (Fsp3) is 0.211. The molecule has 2 aromatic heterocycles. The first-order valence-corrected chi connectivity index (χ1v) is 15.3. The van der Waals surface area contributed by atoms with Gasteiger partial charge in [-0.25, -0.2) is 0 Å². The highest BCUT2D eigenvalue weighted by Crippen LogP contribution is 2.70. The lowest BCUT2D eigenvalue weighted by Crippen LogP contribution is -2.49. The lowest BCUT2D eigenvalue weighted by molar-refractivity contribution is -0.254. The predicted octanol–water partition coefficient (Wildman–Crippen LogP) is 9.74. The molecule has 0 radical (unpaired) electrons. The van der Waals surface area contributed by atoms with E-state index in [1.165, 1.54) is 64.8 Å². The van der Waals surface area contributed by atoms with Crippen molar-refractivity contribution in [2.45, 2.75) is 23.2 Å². The molecule has 12 heteroatoms. The fourth-order valence-corrected chi connectivity index (χ4v) is 7.30. The van der Waals surface area contributed by atoms with E-state index in [2.05, 4.69) is 0 Å². The first-order valence-electron chi connectivity index (χ1n) is 15.3. The van der Waals surface area contributed by atoms with Crippen LogP contribution in [0.5, 0.6) is 23.0 Å². The first kappa shape index (κ1) is 31.7. The summed E-state index contributed by atoms with van der Waals surface area (Å²) in [7, 11) is 5.55. The van der Waals surface area contributed by atoms with E-state index in [0.29, 0.717) is 22.6 Å². The van der Waals surface area contributed by atoms with Gasteiger partial charge < -0.3 is 27.8 Å². The Kier molecular flexibility index (Phi) is 6.66. The van der Waals surface area contributed by atoms with Crippen LogP contribution in [-0.2, 0) is 5.41 Å². The molecule has 6 nitrogen and oxygen atoms in total. The van der Waals surface area contributed by atoms with Gasteiger partial charge in [-0.3, -0.25) is 0 Å². The van der Waals surface area contributed by atoms with Crippen molar-refractivity contribution >= 4 is 33.1 Å². The van der Waals surface area contributed by atoms with Crippen LogP contribution in [0.2, 0.25) is 0 Å². The summed E-state index contributed by atoms with van der Waals surface area (Å²) in [6.45, 7) is 0. The molecule has 2 aliphatic rings. The smallest absolute Gasteiger partial charge is 0.380 e. The number of furan rings is 2. The van der Waals surface area contributed by atoms with E-state index in [1.54, 1.807) is 48.5 Å². The summed E-state index contributed by atoms with van der Waals surface area (Å²) in [4.78, 5) is 0. The van der Waals surface area contributed by atoms with Crippen LogP contribution in [0.15, 0.2) is 93.8 Å². The van der Waals surface area contributed by atoms with Gasteiger partial charge in [-0.1, -0.05) is 24.3 Å². The fourth-order valence-electron chi connectivity index (χ4n) is 7.30. The molecule has 0 aliphatic heterocycles. The van der Waals surface area contributed by atoms with Gasteiger partial charge in [0, 0.05) is 33.0 Å². The van der Waals surface area contributed by atoms with Gasteiger partial charge in [-0.15, -0.1) is 0 Å². The third-order valence-corrected chi connectivity index (χ3v) is 9.68. The maximum absolute atomic E-state index is 16.6. The van der Waals surface area contributed by atoms with Gasteiger partial charge in [-0.05, 0) is 71.8 Å². The SMILES string of the molecule is COc1ccc(C2(c3ccc(OC)cc3)c3oc4ccc(OC)cc4c3C3=C(c4c2oc2ccc(OC)cc42)C(F)(F)C(F)(F)C3(F)F)cc1. The molecule has 0 amide bonds. The van der Waals surface area contributed by atoms with Crippen LogP contribution in [0.4, 0.5) is 26.3 Å². The van der Waals surface area contributed by atoms with Crippen molar-refractivity contribution in [3.8, 4) is 23.0 Å². The summed E-state index contributed by atoms with van der Waals surface area (Å²) < 4.78 is 132. The zero-order valence-electron chi connectivity index (χ0n) is 26.8. The Morgan fingerprint density at radius 2 is 0.800 bits per heavy atom. The van der Waals surface area contributed by atoms with Crippen LogP contribution in [0, 0.1) is 0 Å². The van der Waals surface area contributed by atoms with Gasteiger partial charge in [0.15, 0.2) is 0 Å². The molecule has 0 bridgehead atoms.